The van der Waals surface area contributed by atoms with E-state index in [0.717, 1.165) is 30.9 Å². The average molecular weight is 274 g/mol. The van der Waals surface area contributed by atoms with Crippen molar-refractivity contribution in [2.45, 2.75) is 25.4 Å². The van der Waals surface area contributed by atoms with Gasteiger partial charge < -0.3 is 5.32 Å². The summed E-state index contributed by atoms with van der Waals surface area (Å²) in [5, 5.41) is 6.03. The Morgan fingerprint density at radius 2 is 2.00 bits per heavy atom. The van der Waals surface area contributed by atoms with Crippen LogP contribution in [0.25, 0.3) is 10.8 Å². The molecule has 1 N–H and O–H groups in total. The number of hydrogen-bond donors (Lipinski definition) is 1. The number of nitrogens with zero attached hydrogens (tertiary/aromatic N) is 1. The first kappa shape index (κ1) is 12.8. The summed E-state index contributed by atoms with van der Waals surface area (Å²) >= 11 is 0. The molecular formula is C15H18N2OS. The molecule has 1 aromatic carbocycles. The van der Waals surface area contributed by atoms with Crippen LogP contribution in [0, 0.1) is 0 Å². The smallest absolute Gasteiger partial charge is 0.0346 e. The predicted molar refractivity (Wildman–Crippen MR) is 79.5 cm³/mol. The summed E-state index contributed by atoms with van der Waals surface area (Å²) < 4.78 is 11.3. The monoisotopic (exact) mass is 274 g/mol. The number of benzene rings is 1. The van der Waals surface area contributed by atoms with Crippen LogP contribution in [-0.4, -0.2) is 26.7 Å². The highest BCUT2D eigenvalue weighted by molar-refractivity contribution is 7.85. The fourth-order valence-electron chi connectivity index (χ4n) is 2.57. The third-order valence-electron chi connectivity index (χ3n) is 3.72. The fourth-order valence-corrected chi connectivity index (χ4v) is 3.87. The quantitative estimate of drug-likeness (QED) is 0.933. The minimum Gasteiger partial charge on any atom is -0.310 e. The van der Waals surface area contributed by atoms with E-state index in [4.69, 9.17) is 0 Å². The highest BCUT2D eigenvalue weighted by Crippen LogP contribution is 2.17. The Morgan fingerprint density at radius 3 is 2.84 bits per heavy atom. The molecule has 3 nitrogen and oxygen atoms in total. The Balaban J connectivity index is 1.70. The Hall–Kier alpha value is -1.26. The van der Waals surface area contributed by atoms with Gasteiger partial charge in [-0.1, -0.05) is 24.3 Å². The first-order chi connectivity index (χ1) is 9.33. The van der Waals surface area contributed by atoms with E-state index in [0.29, 0.717) is 6.04 Å². The number of aromatic nitrogens is 1. The second-order valence-electron chi connectivity index (χ2n) is 5.02. The van der Waals surface area contributed by atoms with Crippen LogP contribution in [0.3, 0.4) is 0 Å². The molecule has 1 aliphatic rings. The zero-order valence-corrected chi connectivity index (χ0v) is 11.7. The molecule has 19 heavy (non-hydrogen) atoms. The van der Waals surface area contributed by atoms with Crippen molar-refractivity contribution in [1.29, 1.82) is 0 Å². The molecule has 1 aliphatic heterocycles. The van der Waals surface area contributed by atoms with Gasteiger partial charge in [0.05, 0.1) is 0 Å². The first-order valence-electron chi connectivity index (χ1n) is 6.73. The molecular weight excluding hydrogens is 256 g/mol. The predicted octanol–water partition coefficient (Wildman–Crippen LogP) is 2.24. The Morgan fingerprint density at radius 1 is 1.21 bits per heavy atom. The van der Waals surface area contributed by atoms with Crippen molar-refractivity contribution in [3.05, 3.63) is 42.2 Å². The van der Waals surface area contributed by atoms with Gasteiger partial charge in [0.15, 0.2) is 0 Å². The maximum Gasteiger partial charge on any atom is 0.0346 e. The molecule has 2 aromatic rings. The minimum atomic E-state index is -0.584. The van der Waals surface area contributed by atoms with Gasteiger partial charge in [0, 0.05) is 52.7 Å². The molecule has 1 saturated heterocycles. The van der Waals surface area contributed by atoms with Crippen LogP contribution < -0.4 is 5.32 Å². The van der Waals surface area contributed by atoms with Crippen LogP contribution in [0.5, 0.6) is 0 Å². The molecule has 0 spiro atoms. The number of nitrogens with one attached hydrogen (secondary N) is 1. The van der Waals surface area contributed by atoms with Gasteiger partial charge in [-0.2, -0.15) is 0 Å². The zero-order chi connectivity index (χ0) is 13.1. The van der Waals surface area contributed by atoms with Crippen molar-refractivity contribution in [3.8, 4) is 0 Å². The zero-order valence-electron chi connectivity index (χ0n) is 10.8. The topological polar surface area (TPSA) is 42.0 Å². The Bertz CT molecular complexity index is 584. The average Bonchev–Trinajstić information content (AvgIpc) is 2.47. The van der Waals surface area contributed by atoms with Crippen molar-refractivity contribution < 1.29 is 4.21 Å². The third-order valence-corrected chi connectivity index (χ3v) is 5.10. The number of rotatable bonds is 3. The van der Waals surface area contributed by atoms with Crippen LogP contribution >= 0.6 is 0 Å². The van der Waals surface area contributed by atoms with Crippen LogP contribution in [0.2, 0.25) is 0 Å². The lowest BCUT2D eigenvalue weighted by molar-refractivity contribution is 0.476. The second kappa shape index (κ2) is 5.80. The summed E-state index contributed by atoms with van der Waals surface area (Å²) in [4.78, 5) is 4.30. The third kappa shape index (κ3) is 3.01. The van der Waals surface area contributed by atoms with Crippen LogP contribution in [-0.2, 0) is 17.3 Å². The molecule has 4 heteroatoms. The van der Waals surface area contributed by atoms with E-state index in [2.05, 4.69) is 28.5 Å². The molecule has 3 rings (SSSR count). The highest BCUT2D eigenvalue weighted by Gasteiger charge is 2.17. The van der Waals surface area contributed by atoms with E-state index in [1.54, 1.807) is 0 Å². The maximum absolute atomic E-state index is 11.3. The summed E-state index contributed by atoms with van der Waals surface area (Å²) in [6.07, 6.45) is 5.88. The normalized spacial score (nSPS) is 23.6. The van der Waals surface area contributed by atoms with Crippen molar-refractivity contribution in [2.24, 2.45) is 0 Å². The van der Waals surface area contributed by atoms with Gasteiger partial charge in [0.1, 0.15) is 0 Å². The summed E-state index contributed by atoms with van der Waals surface area (Å²) in [5.74, 6) is 1.68. The van der Waals surface area contributed by atoms with Gasteiger partial charge >= 0.3 is 0 Å². The molecule has 1 aromatic heterocycles. The Kier molecular flexibility index (Phi) is 3.89. The molecule has 0 atom stereocenters. The van der Waals surface area contributed by atoms with Gasteiger partial charge in [-0.25, -0.2) is 0 Å². The van der Waals surface area contributed by atoms with E-state index in [-0.39, 0.29) is 0 Å². The SMILES string of the molecule is O=S1CCC(NCc2cncc3ccccc23)CC1. The molecule has 0 amide bonds. The van der Waals surface area contributed by atoms with Crippen molar-refractivity contribution in [2.75, 3.05) is 11.5 Å². The molecule has 1 fully saturated rings. The number of pyridine rings is 1. The van der Waals surface area contributed by atoms with Crippen LogP contribution in [0.4, 0.5) is 0 Å². The van der Waals surface area contributed by atoms with Gasteiger partial charge in [-0.05, 0) is 23.8 Å². The molecule has 0 saturated carbocycles. The van der Waals surface area contributed by atoms with E-state index < -0.39 is 10.8 Å². The van der Waals surface area contributed by atoms with Crippen molar-refractivity contribution in [3.63, 3.8) is 0 Å². The largest absolute Gasteiger partial charge is 0.310 e. The first-order valence-corrected chi connectivity index (χ1v) is 8.22. The van der Waals surface area contributed by atoms with Crippen LogP contribution in [0.1, 0.15) is 18.4 Å². The summed E-state index contributed by atoms with van der Waals surface area (Å²) in [6, 6.07) is 8.84. The summed E-state index contributed by atoms with van der Waals surface area (Å²) in [5.41, 5.74) is 1.24. The van der Waals surface area contributed by atoms with Gasteiger partial charge in [0.2, 0.25) is 0 Å². The minimum absolute atomic E-state index is 0.497. The molecule has 0 bridgehead atoms. The van der Waals surface area contributed by atoms with Crippen molar-refractivity contribution in [1.82, 2.24) is 10.3 Å². The molecule has 0 unspecified atom stereocenters. The maximum atomic E-state index is 11.3. The van der Waals surface area contributed by atoms with E-state index in [9.17, 15) is 4.21 Å². The Labute approximate surface area is 115 Å². The van der Waals surface area contributed by atoms with Crippen LogP contribution in [0.15, 0.2) is 36.7 Å². The number of fused-ring (bicyclic) bond motifs is 1. The highest BCUT2D eigenvalue weighted by atomic mass is 32.2. The second-order valence-corrected chi connectivity index (χ2v) is 6.72. The van der Waals surface area contributed by atoms with E-state index in [1.807, 2.05) is 18.5 Å². The molecule has 0 radical (unpaired) electrons. The number of hydrogen-bond acceptors (Lipinski definition) is 3. The lowest BCUT2D eigenvalue weighted by atomic mass is 10.1. The fraction of sp³-hybridized carbons (Fsp3) is 0.400. The lowest BCUT2D eigenvalue weighted by Gasteiger charge is -2.22. The standard InChI is InChI=1S/C15H18N2OS/c18-19-7-5-14(6-8-19)17-11-13-10-16-9-12-3-1-2-4-15(12)13/h1-4,9-10,14,17H,5-8,11H2. The van der Waals surface area contributed by atoms with E-state index >= 15 is 0 Å². The molecule has 2 heterocycles. The molecule has 0 aliphatic carbocycles. The van der Waals surface area contributed by atoms with Gasteiger partial charge in [-0.3, -0.25) is 9.19 Å². The van der Waals surface area contributed by atoms with Gasteiger partial charge in [0.25, 0.3) is 0 Å². The summed E-state index contributed by atoms with van der Waals surface area (Å²) in [7, 11) is -0.584. The molecule has 100 valence electrons. The van der Waals surface area contributed by atoms with Gasteiger partial charge in [-0.15, -0.1) is 0 Å². The summed E-state index contributed by atoms with van der Waals surface area (Å²) in [6.45, 7) is 0.839. The van der Waals surface area contributed by atoms with Crippen molar-refractivity contribution >= 4 is 21.6 Å². The lowest BCUT2D eigenvalue weighted by Crippen LogP contribution is -2.35. The van der Waals surface area contributed by atoms with E-state index in [1.165, 1.54) is 16.3 Å².